The minimum Gasteiger partial charge on any atom is -0.491 e. The maximum atomic E-state index is 14.0. The Hall–Kier alpha value is -5.58. The third-order valence-electron chi connectivity index (χ3n) is 14.0. The van der Waals surface area contributed by atoms with E-state index in [1.54, 1.807) is 35.3 Å². The van der Waals surface area contributed by atoms with Crippen LogP contribution in [0, 0.1) is 24.2 Å². The van der Waals surface area contributed by atoms with Crippen molar-refractivity contribution >= 4 is 52.1 Å². The number of anilines is 1. The van der Waals surface area contributed by atoms with Gasteiger partial charge in [0.05, 0.1) is 39.7 Å². The first-order valence-electron chi connectivity index (χ1n) is 24.5. The van der Waals surface area contributed by atoms with Crippen molar-refractivity contribution in [2.45, 2.75) is 130 Å². The number of likely N-dealkylation sites (tertiary alicyclic amines) is 1. The molecule has 6 atom stereocenters. The van der Waals surface area contributed by atoms with Gasteiger partial charge in [-0.1, -0.05) is 82.3 Å². The Labute approximate surface area is 425 Å². The van der Waals surface area contributed by atoms with Crippen LogP contribution >= 0.6 is 23.6 Å². The van der Waals surface area contributed by atoms with Gasteiger partial charge in [0.25, 0.3) is 0 Å². The summed E-state index contributed by atoms with van der Waals surface area (Å²) in [6.45, 7) is 18.2. The van der Waals surface area contributed by atoms with E-state index in [2.05, 4.69) is 29.5 Å². The molecule has 1 aliphatic carbocycles. The number of halogens is 3. The average Bonchev–Trinajstić information content (AvgIpc) is 4.03. The second kappa shape index (κ2) is 22.0. The van der Waals surface area contributed by atoms with Gasteiger partial charge in [0.1, 0.15) is 24.4 Å². The molecule has 3 aliphatic rings. The standard InChI is InChI=1S/C55H67F3N6O5S2/c1-34-14-23-43(30-45(34)55(56,57)58)63-37(4)54(8,9)64(52(63)70)42-24-19-39(20-25-42)40-21-26-44(27-22-40)69-35(2)12-11-29-68-32-47(65)61-49(53(5,6)7)51(67)62-28-10-13-46(62)50(66)59-31-38-15-17-41(18-16-38)48-36(3)60-33-71-48/h14-27,30,33-35,37,45-46,49H,10-13,28-29,31-32H2,1-9H3,(H,59,66)(H,61,65)/t34?,35-,37?,45?,46+,49-/m1/s1. The van der Waals surface area contributed by atoms with Crippen LogP contribution in [0.15, 0.2) is 102 Å². The van der Waals surface area contributed by atoms with Crippen molar-refractivity contribution in [3.05, 3.63) is 113 Å². The van der Waals surface area contributed by atoms with Gasteiger partial charge in [-0.3, -0.25) is 14.4 Å². The summed E-state index contributed by atoms with van der Waals surface area (Å²) < 4.78 is 53.6. The fraction of sp³-hybridized carbons (Fsp3) is 0.473. The van der Waals surface area contributed by atoms with Crippen LogP contribution in [0.25, 0.3) is 21.6 Å². The fourth-order valence-electron chi connectivity index (χ4n) is 9.55. The highest BCUT2D eigenvalue weighted by molar-refractivity contribution is 7.80. The SMILES string of the molecule is Cc1ncsc1-c1ccc(CNC(=O)[C@@H]2CCCN2C(=O)[C@@H](NC(=O)COCCC[C@@H](C)Oc2ccc(-c3ccc(N4C(=S)N(C5=CC(C(F)(F)F)C(C)C=C5)C(C)C4(C)C)cc3)cc2)C(C)(C)C)cc1. The van der Waals surface area contributed by atoms with Crippen LogP contribution < -0.4 is 20.3 Å². The van der Waals surface area contributed by atoms with Crippen LogP contribution in [0.5, 0.6) is 5.75 Å². The Morgan fingerprint density at radius 1 is 0.958 bits per heavy atom. The van der Waals surface area contributed by atoms with Gasteiger partial charge in [-0.25, -0.2) is 4.98 Å². The van der Waals surface area contributed by atoms with Crippen molar-refractivity contribution in [1.82, 2.24) is 25.4 Å². The number of aromatic nitrogens is 1. The van der Waals surface area contributed by atoms with Crippen molar-refractivity contribution in [3.63, 3.8) is 0 Å². The lowest BCUT2D eigenvalue weighted by atomic mass is 9.85. The number of nitrogens with zero attached hydrogens (tertiary/aromatic N) is 4. The van der Waals surface area contributed by atoms with Crippen LogP contribution in [-0.2, 0) is 25.7 Å². The average molecular weight is 1010 g/mol. The molecular formula is C55H67F3N6O5S2. The number of alkyl halides is 3. The normalized spacial score (nSPS) is 21.0. The molecule has 3 amide bonds. The Morgan fingerprint density at radius 3 is 2.23 bits per heavy atom. The molecule has 0 radical (unpaired) electrons. The fourth-order valence-corrected chi connectivity index (χ4v) is 11.0. The second-order valence-corrected chi connectivity index (χ2v) is 21.8. The zero-order valence-corrected chi connectivity index (χ0v) is 43.8. The quantitative estimate of drug-likeness (QED) is 0.0788. The van der Waals surface area contributed by atoms with E-state index in [0.717, 1.165) is 38.5 Å². The lowest BCUT2D eigenvalue weighted by molar-refractivity contribution is -0.169. The third kappa shape index (κ3) is 12.4. The molecule has 0 bridgehead atoms. The summed E-state index contributed by atoms with van der Waals surface area (Å²) in [7, 11) is 0. The highest BCUT2D eigenvalue weighted by Gasteiger charge is 2.50. The Kier molecular flexibility index (Phi) is 16.5. The number of aryl methyl sites for hydroxylation is 1. The monoisotopic (exact) mass is 1010 g/mol. The molecule has 2 saturated heterocycles. The Bertz CT molecular complexity index is 2590. The van der Waals surface area contributed by atoms with E-state index in [4.69, 9.17) is 21.7 Å². The smallest absolute Gasteiger partial charge is 0.395 e. The van der Waals surface area contributed by atoms with Crippen molar-refractivity contribution in [2.75, 3.05) is 24.7 Å². The molecule has 3 unspecified atom stereocenters. The number of carbonyl (C=O) groups excluding carboxylic acids is 3. The van der Waals surface area contributed by atoms with E-state index in [1.165, 1.54) is 6.08 Å². The van der Waals surface area contributed by atoms with E-state index in [9.17, 15) is 27.6 Å². The topological polar surface area (TPSA) is 116 Å². The number of ether oxygens (including phenoxy) is 2. The summed E-state index contributed by atoms with van der Waals surface area (Å²) >= 11 is 7.55. The molecule has 0 spiro atoms. The van der Waals surface area contributed by atoms with E-state index in [-0.39, 0.29) is 30.6 Å². The highest BCUT2D eigenvalue weighted by Crippen LogP contribution is 2.44. The van der Waals surface area contributed by atoms with Gasteiger partial charge in [0, 0.05) is 31.1 Å². The summed E-state index contributed by atoms with van der Waals surface area (Å²) in [6, 6.07) is 22.2. The summed E-state index contributed by atoms with van der Waals surface area (Å²) in [5.41, 5.74) is 7.02. The Morgan fingerprint density at radius 2 is 1.61 bits per heavy atom. The van der Waals surface area contributed by atoms with Crippen LogP contribution in [0.4, 0.5) is 18.9 Å². The summed E-state index contributed by atoms with van der Waals surface area (Å²) in [6.07, 6.45) is 2.78. The largest absolute Gasteiger partial charge is 0.491 e. The third-order valence-corrected chi connectivity index (χ3v) is 15.4. The molecule has 2 fully saturated rings. The van der Waals surface area contributed by atoms with Gasteiger partial charge in [-0.2, -0.15) is 13.2 Å². The first-order valence-corrected chi connectivity index (χ1v) is 25.8. The molecule has 2 aliphatic heterocycles. The predicted octanol–water partition coefficient (Wildman–Crippen LogP) is 11.0. The minimum absolute atomic E-state index is 0.123. The summed E-state index contributed by atoms with van der Waals surface area (Å²) in [5.74, 6) is -2.40. The lowest BCUT2D eigenvalue weighted by Crippen LogP contribution is -2.58. The zero-order valence-electron chi connectivity index (χ0n) is 42.1. The van der Waals surface area contributed by atoms with Crippen molar-refractivity contribution < 1.29 is 37.0 Å². The number of hydrogen-bond acceptors (Lipinski definition) is 8. The number of carbonyl (C=O) groups is 3. The lowest BCUT2D eigenvalue weighted by Gasteiger charge is -2.35. The number of amides is 3. The predicted molar refractivity (Wildman–Crippen MR) is 279 cm³/mol. The molecule has 2 N–H and O–H groups in total. The Balaban J connectivity index is 0.840. The molecule has 0 saturated carbocycles. The maximum absolute atomic E-state index is 14.0. The van der Waals surface area contributed by atoms with E-state index in [0.29, 0.717) is 61.9 Å². The van der Waals surface area contributed by atoms with Gasteiger partial charge in [-0.05, 0) is 143 Å². The van der Waals surface area contributed by atoms with Crippen LogP contribution in [0.3, 0.4) is 0 Å². The van der Waals surface area contributed by atoms with Gasteiger partial charge < -0.3 is 34.8 Å². The first kappa shape index (κ1) is 53.2. The number of allylic oxidation sites excluding steroid dienone is 3. The molecule has 3 aromatic carbocycles. The highest BCUT2D eigenvalue weighted by atomic mass is 32.1. The molecule has 4 aromatic rings. The number of nitrogens with one attached hydrogen (secondary N) is 2. The minimum atomic E-state index is -4.35. The molecule has 380 valence electrons. The number of thiocarbonyl (C=S) groups is 1. The van der Waals surface area contributed by atoms with E-state index < -0.39 is 47.0 Å². The second-order valence-electron chi connectivity index (χ2n) is 20.6. The summed E-state index contributed by atoms with van der Waals surface area (Å²) in [5, 5.41) is 6.38. The van der Waals surface area contributed by atoms with Crippen molar-refractivity contribution in [2.24, 2.45) is 17.3 Å². The van der Waals surface area contributed by atoms with Crippen molar-refractivity contribution in [1.29, 1.82) is 0 Å². The van der Waals surface area contributed by atoms with Gasteiger partial charge in [-0.15, -0.1) is 11.3 Å². The first-order chi connectivity index (χ1) is 33.5. The summed E-state index contributed by atoms with van der Waals surface area (Å²) in [4.78, 5) is 51.5. The molecule has 71 heavy (non-hydrogen) atoms. The maximum Gasteiger partial charge on any atom is 0.395 e. The van der Waals surface area contributed by atoms with Crippen LogP contribution in [-0.4, -0.2) is 93.3 Å². The van der Waals surface area contributed by atoms with Gasteiger partial charge >= 0.3 is 6.18 Å². The van der Waals surface area contributed by atoms with Crippen LogP contribution in [0.1, 0.15) is 92.3 Å². The van der Waals surface area contributed by atoms with E-state index in [1.807, 2.05) is 130 Å². The molecule has 16 heteroatoms. The van der Waals surface area contributed by atoms with Crippen molar-refractivity contribution in [3.8, 4) is 27.3 Å². The molecular weight excluding hydrogens is 946 g/mol. The number of rotatable bonds is 17. The molecule has 7 rings (SSSR count). The molecule has 1 aromatic heterocycles. The number of hydrogen-bond donors (Lipinski definition) is 2. The molecule has 11 nitrogen and oxygen atoms in total. The van der Waals surface area contributed by atoms with Crippen LogP contribution in [0.2, 0.25) is 0 Å². The zero-order chi connectivity index (χ0) is 51.4. The number of benzene rings is 3. The van der Waals surface area contributed by atoms with E-state index >= 15 is 0 Å². The van der Waals surface area contributed by atoms with Gasteiger partial charge in [0.2, 0.25) is 17.7 Å². The number of thiazole rings is 1. The molecule has 3 heterocycles. The van der Waals surface area contributed by atoms with Gasteiger partial charge in [0.15, 0.2) is 5.11 Å².